The quantitative estimate of drug-likeness (QED) is 0.673. The summed E-state index contributed by atoms with van der Waals surface area (Å²) in [6, 6.07) is 14.2. The summed E-state index contributed by atoms with van der Waals surface area (Å²) < 4.78 is 0. The zero-order chi connectivity index (χ0) is 19.7. The Bertz CT molecular complexity index is 863. The van der Waals surface area contributed by atoms with Crippen LogP contribution in [0.15, 0.2) is 42.5 Å². The number of fused-ring (bicyclic) bond motifs is 1. The summed E-state index contributed by atoms with van der Waals surface area (Å²) >= 11 is 12.2. The number of carbonyl (C=O) groups is 1. The molecular weight excluding hydrogens is 391 g/mol. The zero-order valence-corrected chi connectivity index (χ0v) is 17.7. The first-order valence-corrected chi connectivity index (χ1v) is 10.8. The van der Waals surface area contributed by atoms with Crippen molar-refractivity contribution >= 4 is 29.1 Å². The Kier molecular flexibility index (Phi) is 5.96. The number of likely N-dealkylation sites (tertiary alicyclic amines) is 1. The molecule has 3 nitrogen and oxygen atoms in total. The van der Waals surface area contributed by atoms with Crippen LogP contribution in [-0.4, -0.2) is 41.9 Å². The van der Waals surface area contributed by atoms with Gasteiger partial charge in [0.25, 0.3) is 0 Å². The Balaban J connectivity index is 1.61. The third-order valence-electron chi connectivity index (χ3n) is 6.02. The van der Waals surface area contributed by atoms with Gasteiger partial charge < -0.3 is 9.80 Å². The Hall–Kier alpha value is -1.55. The van der Waals surface area contributed by atoms with Crippen molar-refractivity contribution in [3.63, 3.8) is 0 Å². The Labute approximate surface area is 177 Å². The van der Waals surface area contributed by atoms with E-state index in [1.807, 2.05) is 6.07 Å². The first-order chi connectivity index (χ1) is 13.5. The van der Waals surface area contributed by atoms with Crippen molar-refractivity contribution in [2.24, 2.45) is 0 Å². The first-order valence-electron chi connectivity index (χ1n) is 10.1. The molecule has 0 spiro atoms. The second-order valence-corrected chi connectivity index (χ2v) is 8.84. The molecule has 4 rings (SSSR count). The molecule has 2 aromatic carbocycles. The minimum absolute atomic E-state index is 0.112. The van der Waals surface area contributed by atoms with Gasteiger partial charge in [0.1, 0.15) is 0 Å². The molecule has 1 amide bonds. The van der Waals surface area contributed by atoms with Gasteiger partial charge in [-0.1, -0.05) is 60.5 Å². The van der Waals surface area contributed by atoms with Crippen LogP contribution in [0.1, 0.15) is 48.4 Å². The van der Waals surface area contributed by atoms with Crippen LogP contribution in [0, 0.1) is 0 Å². The average molecular weight is 417 g/mol. The highest BCUT2D eigenvalue weighted by atomic mass is 35.5. The number of hydrogen-bond acceptors (Lipinski definition) is 2. The minimum Gasteiger partial charge on any atom is -0.333 e. The van der Waals surface area contributed by atoms with Crippen LogP contribution in [0.3, 0.4) is 0 Å². The van der Waals surface area contributed by atoms with Gasteiger partial charge in [-0.05, 0) is 60.7 Å². The van der Waals surface area contributed by atoms with Crippen LogP contribution < -0.4 is 0 Å². The maximum Gasteiger partial charge on any atom is 0.227 e. The molecule has 0 aliphatic carbocycles. The topological polar surface area (TPSA) is 23.6 Å². The fraction of sp³-hybridized carbons (Fsp3) is 0.435. The second-order valence-electron chi connectivity index (χ2n) is 8.02. The van der Waals surface area contributed by atoms with Gasteiger partial charge in [-0.2, -0.15) is 0 Å². The number of nitrogens with zero attached hydrogens (tertiary/aromatic N) is 2. The van der Waals surface area contributed by atoms with Crippen molar-refractivity contribution in [2.45, 2.75) is 38.1 Å². The van der Waals surface area contributed by atoms with E-state index in [0.29, 0.717) is 22.4 Å². The van der Waals surface area contributed by atoms with Crippen LogP contribution in [0.25, 0.3) is 0 Å². The number of benzene rings is 2. The van der Waals surface area contributed by atoms with Gasteiger partial charge in [-0.25, -0.2) is 0 Å². The molecule has 2 heterocycles. The van der Waals surface area contributed by atoms with Gasteiger partial charge in [0, 0.05) is 13.1 Å². The number of amides is 1. The van der Waals surface area contributed by atoms with E-state index in [-0.39, 0.29) is 11.9 Å². The molecule has 0 aromatic heterocycles. The summed E-state index contributed by atoms with van der Waals surface area (Å²) in [4.78, 5) is 17.9. The van der Waals surface area contributed by atoms with Crippen LogP contribution in [-0.2, 0) is 11.2 Å². The maximum atomic E-state index is 13.3. The molecule has 1 saturated heterocycles. The highest BCUT2D eigenvalue weighted by Gasteiger charge is 2.35. The van der Waals surface area contributed by atoms with E-state index < -0.39 is 0 Å². The molecule has 2 aliphatic heterocycles. The van der Waals surface area contributed by atoms with Crippen molar-refractivity contribution in [3.8, 4) is 0 Å². The fourth-order valence-electron chi connectivity index (χ4n) is 4.56. The van der Waals surface area contributed by atoms with Crippen molar-refractivity contribution in [2.75, 3.05) is 26.2 Å². The molecule has 2 aromatic rings. The summed E-state index contributed by atoms with van der Waals surface area (Å²) in [5, 5.41) is 1.02. The molecule has 2 atom stereocenters. The van der Waals surface area contributed by atoms with Crippen molar-refractivity contribution in [3.05, 3.63) is 69.2 Å². The van der Waals surface area contributed by atoms with Crippen molar-refractivity contribution in [1.29, 1.82) is 0 Å². The second kappa shape index (κ2) is 8.44. The molecule has 28 heavy (non-hydrogen) atoms. The van der Waals surface area contributed by atoms with E-state index in [9.17, 15) is 4.79 Å². The van der Waals surface area contributed by atoms with Crippen molar-refractivity contribution in [1.82, 2.24) is 9.80 Å². The van der Waals surface area contributed by atoms with E-state index in [0.717, 1.165) is 31.7 Å². The van der Waals surface area contributed by atoms with Crippen LogP contribution in [0.2, 0.25) is 10.0 Å². The number of carbonyl (C=O) groups excluding carboxylic acids is 1. The lowest BCUT2D eigenvalue weighted by molar-refractivity contribution is -0.134. The molecule has 0 saturated carbocycles. The molecule has 1 unspecified atom stereocenters. The molecule has 2 aliphatic rings. The van der Waals surface area contributed by atoms with Crippen LogP contribution >= 0.6 is 23.2 Å². The highest BCUT2D eigenvalue weighted by Crippen LogP contribution is 2.37. The van der Waals surface area contributed by atoms with Crippen LogP contribution in [0.4, 0.5) is 0 Å². The van der Waals surface area contributed by atoms with Crippen LogP contribution in [0.5, 0.6) is 0 Å². The third kappa shape index (κ3) is 4.07. The van der Waals surface area contributed by atoms with Gasteiger partial charge >= 0.3 is 0 Å². The number of halogens is 2. The Morgan fingerprint density at radius 2 is 1.75 bits per heavy atom. The largest absolute Gasteiger partial charge is 0.333 e. The molecule has 148 valence electrons. The summed E-state index contributed by atoms with van der Waals surface area (Å²) in [7, 11) is 0. The Morgan fingerprint density at radius 3 is 2.46 bits per heavy atom. The summed E-state index contributed by atoms with van der Waals surface area (Å²) in [6.07, 6.45) is 2.85. The lowest BCUT2D eigenvalue weighted by atomic mass is 9.85. The Morgan fingerprint density at radius 1 is 1.04 bits per heavy atom. The monoisotopic (exact) mass is 416 g/mol. The maximum absolute atomic E-state index is 13.3. The summed E-state index contributed by atoms with van der Waals surface area (Å²) in [5.41, 5.74) is 3.59. The normalized spacial score (nSPS) is 22.3. The third-order valence-corrected chi connectivity index (χ3v) is 6.76. The lowest BCUT2D eigenvalue weighted by Gasteiger charge is -2.42. The molecule has 0 radical (unpaired) electrons. The molecule has 1 fully saturated rings. The highest BCUT2D eigenvalue weighted by molar-refractivity contribution is 6.42. The summed E-state index contributed by atoms with van der Waals surface area (Å²) in [6.45, 7) is 6.14. The van der Waals surface area contributed by atoms with Crippen molar-refractivity contribution < 1.29 is 4.79 Å². The van der Waals surface area contributed by atoms with E-state index in [1.54, 1.807) is 12.1 Å². The average Bonchev–Trinajstić information content (AvgIpc) is 3.20. The van der Waals surface area contributed by atoms with E-state index >= 15 is 0 Å². The van der Waals surface area contributed by atoms with Gasteiger partial charge in [0.15, 0.2) is 0 Å². The van der Waals surface area contributed by atoms with E-state index in [2.05, 4.69) is 41.0 Å². The first kappa shape index (κ1) is 19.8. The number of hydrogen-bond donors (Lipinski definition) is 0. The molecule has 5 heteroatoms. The van der Waals surface area contributed by atoms with Gasteiger partial charge in [0.2, 0.25) is 5.91 Å². The predicted molar refractivity (Wildman–Crippen MR) is 115 cm³/mol. The van der Waals surface area contributed by atoms with E-state index in [1.165, 1.54) is 24.0 Å². The standard InChI is InChI=1S/C23H26Cl2N2O/c1-16-14-27(23(28)13-17-8-9-20(24)21(25)12-17)22(15-26-10-4-5-11-26)19-7-3-2-6-18(16)19/h2-3,6-9,12,16,22H,4-5,10-11,13-15H2,1H3/t16-,22?/m1/s1. The minimum atomic E-state index is 0.112. The smallest absolute Gasteiger partial charge is 0.227 e. The molecule has 0 N–H and O–H groups in total. The van der Waals surface area contributed by atoms with Gasteiger partial charge in [-0.15, -0.1) is 0 Å². The van der Waals surface area contributed by atoms with Gasteiger partial charge in [0.05, 0.1) is 22.5 Å². The summed E-state index contributed by atoms with van der Waals surface area (Å²) in [5.74, 6) is 0.493. The molecular formula is C23H26Cl2N2O. The zero-order valence-electron chi connectivity index (χ0n) is 16.2. The SMILES string of the molecule is C[C@@H]1CN(C(=O)Cc2ccc(Cl)c(Cl)c2)C(CN2CCCC2)c2ccccc21. The number of rotatable bonds is 4. The van der Waals surface area contributed by atoms with E-state index in [4.69, 9.17) is 23.2 Å². The lowest BCUT2D eigenvalue weighted by Crippen LogP contribution is -2.46. The molecule has 0 bridgehead atoms. The van der Waals surface area contributed by atoms with Gasteiger partial charge in [-0.3, -0.25) is 4.79 Å². The fourth-order valence-corrected chi connectivity index (χ4v) is 4.88. The predicted octanol–water partition coefficient (Wildman–Crippen LogP) is 5.32.